The first kappa shape index (κ1) is 45.1. The van der Waals surface area contributed by atoms with E-state index in [4.69, 9.17) is 27.6 Å². The highest BCUT2D eigenvalue weighted by molar-refractivity contribution is 6.52. The first-order valence-electron chi connectivity index (χ1n) is 24.0. The molecule has 1 aliphatic rings. The summed E-state index contributed by atoms with van der Waals surface area (Å²) in [4.78, 5) is 53.9. The van der Waals surface area contributed by atoms with Gasteiger partial charge in [-0.25, -0.2) is 19.9 Å². The Hall–Kier alpha value is -11.5. The lowest BCUT2D eigenvalue weighted by Gasteiger charge is -2.16. The Bertz CT molecular complexity index is 4330. The number of hydrogen-bond donors (Lipinski definition) is 0. The average molecular weight is 1020 g/mol. The third-order valence-corrected chi connectivity index (χ3v) is 12.6. The second-order valence-electron chi connectivity index (χ2n) is 17.4. The van der Waals surface area contributed by atoms with Crippen LogP contribution in [0.15, 0.2) is 200 Å². The summed E-state index contributed by atoms with van der Waals surface area (Å²) in [6, 6.07) is 51.5. The minimum absolute atomic E-state index is 0.134. The van der Waals surface area contributed by atoms with E-state index in [1.165, 1.54) is 12.1 Å². The molecule has 20 nitrogen and oxygen atoms in total. The van der Waals surface area contributed by atoms with E-state index in [1.807, 2.05) is 146 Å². The van der Waals surface area contributed by atoms with E-state index in [1.54, 1.807) is 24.5 Å². The lowest BCUT2D eigenvalue weighted by molar-refractivity contribution is 0.0814. The van der Waals surface area contributed by atoms with Crippen LogP contribution in [0, 0.1) is 0 Å². The van der Waals surface area contributed by atoms with Gasteiger partial charge in [0.15, 0.2) is 0 Å². The fraction of sp³-hybridized carbons (Fsp3) is 0. The van der Waals surface area contributed by atoms with E-state index in [2.05, 4.69) is 60.7 Å². The summed E-state index contributed by atoms with van der Waals surface area (Å²) >= 11 is 0. The van der Waals surface area contributed by atoms with Gasteiger partial charge in [0.25, 0.3) is 23.6 Å². The largest absolute Gasteiger partial charge is 0.415 e. The summed E-state index contributed by atoms with van der Waals surface area (Å²) in [5.41, 5.74) is 8.28. The molecule has 0 aliphatic heterocycles. The van der Waals surface area contributed by atoms with Crippen LogP contribution in [-0.4, -0.2) is 82.3 Å². The first-order chi connectivity index (χ1) is 38.5. The van der Waals surface area contributed by atoms with Crippen LogP contribution in [0.3, 0.4) is 0 Å². The van der Waals surface area contributed by atoms with Crippen LogP contribution in [0.5, 0.6) is 0 Å². The minimum atomic E-state index is -0.666. The third kappa shape index (κ3) is 8.06. The van der Waals surface area contributed by atoms with Crippen LogP contribution in [0.25, 0.3) is 136 Å². The van der Waals surface area contributed by atoms with Crippen molar-refractivity contribution in [3.63, 3.8) is 0 Å². The van der Waals surface area contributed by atoms with Gasteiger partial charge in [0.05, 0.1) is 33.2 Å². The van der Waals surface area contributed by atoms with Gasteiger partial charge in [-0.1, -0.05) is 72.8 Å². The van der Waals surface area contributed by atoms with Gasteiger partial charge in [0.1, 0.15) is 34.2 Å². The predicted octanol–water partition coefficient (Wildman–Crippen LogP) is 11.1. The van der Waals surface area contributed by atoms with Gasteiger partial charge in [0.2, 0.25) is 35.1 Å². The molecule has 9 aromatic heterocycles. The van der Waals surface area contributed by atoms with Crippen molar-refractivity contribution in [2.45, 2.75) is 0 Å². The number of ketones is 2. The van der Waals surface area contributed by atoms with Crippen LogP contribution in [-0.2, 0) is 0 Å². The molecule has 20 heteroatoms. The lowest BCUT2D eigenvalue weighted by Crippen LogP contribution is -2.23. The van der Waals surface area contributed by atoms with Crippen molar-refractivity contribution < 1.29 is 27.3 Å². The van der Waals surface area contributed by atoms with Gasteiger partial charge >= 0.3 is 0 Å². The molecular formula is C58H30N14O6. The Morgan fingerprint density at radius 2 is 0.551 bits per heavy atom. The van der Waals surface area contributed by atoms with Crippen molar-refractivity contribution in [1.29, 1.82) is 0 Å². The van der Waals surface area contributed by atoms with Crippen molar-refractivity contribution in [2.24, 2.45) is 0 Å². The molecule has 5 aromatic carbocycles. The molecule has 368 valence electrons. The predicted molar refractivity (Wildman–Crippen MR) is 281 cm³/mol. The summed E-state index contributed by atoms with van der Waals surface area (Å²) in [6.07, 6.45) is 3.33. The van der Waals surface area contributed by atoms with Gasteiger partial charge in [0, 0.05) is 45.4 Å². The number of hydrogen-bond acceptors (Lipinski definition) is 20. The molecule has 1 aliphatic carbocycles. The molecule has 14 aromatic rings. The quantitative estimate of drug-likeness (QED) is 0.101. The van der Waals surface area contributed by atoms with Crippen LogP contribution < -0.4 is 0 Å². The molecule has 0 spiro atoms. The lowest BCUT2D eigenvalue weighted by atomic mass is 9.90. The van der Waals surface area contributed by atoms with Crippen LogP contribution in [0.1, 0.15) is 20.7 Å². The molecule has 0 N–H and O–H groups in total. The van der Waals surface area contributed by atoms with E-state index in [-0.39, 0.29) is 34.3 Å². The fourth-order valence-corrected chi connectivity index (χ4v) is 8.86. The molecule has 9 heterocycles. The maximum absolute atomic E-state index is 12.8. The number of rotatable bonds is 8. The van der Waals surface area contributed by atoms with E-state index < -0.39 is 11.6 Å². The van der Waals surface area contributed by atoms with Crippen LogP contribution in [0.2, 0.25) is 0 Å². The topological polar surface area (TPSA) is 267 Å². The van der Waals surface area contributed by atoms with E-state index in [0.29, 0.717) is 69.2 Å². The molecule has 0 unspecified atom stereocenters. The SMILES string of the molecule is O=C1C(=O)c2ccc(-c3nnc(-c4ccccc4)o3)nc2-c2nc(-c3nnc(-c4ccccc4)o3)ccc21.c1ccc(-c2nnc(-c3ccc4c5nccnc5c5ccc(-c6nnc(-c7ccccc7)o6)nc5c4n3)o2)cc1. The van der Waals surface area contributed by atoms with Crippen LogP contribution >= 0.6 is 0 Å². The number of carbonyl (C=O) groups is 2. The second-order valence-corrected chi connectivity index (χ2v) is 17.4. The fourth-order valence-electron chi connectivity index (χ4n) is 8.86. The normalized spacial score (nSPS) is 11.9. The minimum Gasteiger partial charge on any atom is -0.415 e. The smallest absolute Gasteiger partial charge is 0.266 e. The second kappa shape index (κ2) is 18.7. The zero-order valence-electron chi connectivity index (χ0n) is 40.0. The molecule has 0 radical (unpaired) electrons. The number of benzene rings is 5. The Labute approximate surface area is 437 Å². The number of Topliss-reactive ketones (excluding diaryl/α,β-unsaturated/α-hetero) is 2. The van der Waals surface area contributed by atoms with Crippen molar-refractivity contribution in [3.8, 4) is 104 Å². The summed E-state index contributed by atoms with van der Waals surface area (Å²) in [5, 5.41) is 35.0. The molecule has 0 atom stereocenters. The van der Waals surface area contributed by atoms with Crippen LogP contribution in [0.4, 0.5) is 0 Å². The zero-order valence-corrected chi connectivity index (χ0v) is 40.0. The molecular weight excluding hydrogens is 989 g/mol. The maximum atomic E-state index is 12.8. The number of nitrogens with zero attached hydrogens (tertiary/aromatic N) is 14. The van der Waals surface area contributed by atoms with Gasteiger partial charge in [-0.05, 0) is 97.1 Å². The van der Waals surface area contributed by atoms with Crippen molar-refractivity contribution in [3.05, 3.63) is 193 Å². The van der Waals surface area contributed by atoms with E-state index in [9.17, 15) is 9.59 Å². The molecule has 0 saturated heterocycles. The number of fused-ring (bicyclic) bond motifs is 9. The number of carbonyl (C=O) groups excluding carboxylic acids is 2. The van der Waals surface area contributed by atoms with E-state index in [0.717, 1.165) is 44.1 Å². The Morgan fingerprint density at radius 1 is 0.269 bits per heavy atom. The highest BCUT2D eigenvalue weighted by atomic mass is 16.4. The molecule has 0 fully saturated rings. The summed E-state index contributed by atoms with van der Waals surface area (Å²) in [6.45, 7) is 0. The average Bonchev–Trinajstić information content (AvgIpc) is 4.46. The van der Waals surface area contributed by atoms with Crippen molar-refractivity contribution in [1.82, 2.24) is 70.7 Å². The first-order valence-corrected chi connectivity index (χ1v) is 24.0. The Balaban J connectivity index is 0.000000142. The molecule has 0 bridgehead atoms. The van der Waals surface area contributed by atoms with Crippen molar-refractivity contribution in [2.75, 3.05) is 0 Å². The van der Waals surface area contributed by atoms with Crippen molar-refractivity contribution >= 4 is 44.4 Å². The standard InChI is InChI=1S/C30H16N8O2.C28H14N6O4/c1-3-7-17(8-4-1)27-35-37-29(39-27)21-13-11-19-23-24(32-16-15-31-23)20-12-14-22(34-26(20)25(19)33-21)30-38-36-28(40-30)18-9-5-2-6-10-18;35-23-17-11-13-19(27-33-31-25(37-27)15-7-3-1-4-8-15)29-21(17)22-18(24(23)36)12-14-20(30-22)28-34-32-26(38-28)16-9-5-2-6-10-16/h1-16H;1-14H. The molecule has 0 saturated carbocycles. The van der Waals surface area contributed by atoms with E-state index >= 15 is 0 Å². The maximum Gasteiger partial charge on any atom is 0.266 e. The molecule has 0 amide bonds. The molecule has 78 heavy (non-hydrogen) atoms. The van der Waals surface area contributed by atoms with Gasteiger partial charge < -0.3 is 17.7 Å². The van der Waals surface area contributed by atoms with Gasteiger partial charge in [-0.2, -0.15) is 0 Å². The number of aromatic nitrogens is 14. The number of pyridine rings is 4. The highest BCUT2D eigenvalue weighted by Gasteiger charge is 2.34. The zero-order chi connectivity index (χ0) is 52.1. The summed E-state index contributed by atoms with van der Waals surface area (Å²) in [5.74, 6) is 1.09. The van der Waals surface area contributed by atoms with Gasteiger partial charge in [-0.3, -0.25) is 19.6 Å². The molecule has 15 rings (SSSR count). The third-order valence-electron chi connectivity index (χ3n) is 12.6. The Kier molecular flexibility index (Phi) is 10.8. The highest BCUT2D eigenvalue weighted by Crippen LogP contribution is 2.37. The summed E-state index contributed by atoms with van der Waals surface area (Å²) in [7, 11) is 0. The monoisotopic (exact) mass is 1020 g/mol. The van der Waals surface area contributed by atoms with Gasteiger partial charge in [-0.15, -0.1) is 40.8 Å². The Morgan fingerprint density at radius 3 is 0.872 bits per heavy atom. The summed E-state index contributed by atoms with van der Waals surface area (Å²) < 4.78 is 23.6.